The Balaban J connectivity index is 1.71. The molecule has 3 unspecified atom stereocenters. The topological polar surface area (TPSA) is 77.8 Å². The molecule has 2 aromatic carbocycles. The highest BCUT2D eigenvalue weighted by molar-refractivity contribution is 6.31. The van der Waals surface area contributed by atoms with Crippen molar-refractivity contribution < 1.29 is 19.8 Å². The summed E-state index contributed by atoms with van der Waals surface area (Å²) < 4.78 is 0. The molecule has 150 valence electrons. The van der Waals surface area contributed by atoms with Gasteiger partial charge >= 0.3 is 11.9 Å². The van der Waals surface area contributed by atoms with Crippen LogP contribution in [-0.2, 0) is 9.59 Å². The first-order valence-electron chi connectivity index (χ1n) is 9.71. The average Bonchev–Trinajstić information content (AvgIpc) is 2.71. The summed E-state index contributed by atoms with van der Waals surface area (Å²) in [6, 6.07) is 16.2. The van der Waals surface area contributed by atoms with Crippen molar-refractivity contribution in [1.29, 1.82) is 0 Å². The van der Waals surface area contributed by atoms with E-state index in [9.17, 15) is 14.7 Å². The third kappa shape index (κ3) is 3.75. The SMILES string of the molecule is O=C(O)C=C(C(=O)O)N1CCC2CC(c3ccccc3Cl)c3ccccc3C2C1. The number of rotatable bonds is 4. The highest BCUT2D eigenvalue weighted by Crippen LogP contribution is 2.49. The lowest BCUT2D eigenvalue weighted by atomic mass is 9.66. The van der Waals surface area contributed by atoms with Gasteiger partial charge in [0.1, 0.15) is 5.70 Å². The molecule has 2 aliphatic rings. The molecule has 3 atom stereocenters. The minimum absolute atomic E-state index is 0.151. The van der Waals surface area contributed by atoms with Gasteiger partial charge in [0.2, 0.25) is 0 Å². The number of carboxylic acid groups (broad SMARTS) is 2. The van der Waals surface area contributed by atoms with Crippen LogP contribution in [0.5, 0.6) is 0 Å². The Bertz CT molecular complexity index is 986. The number of carbonyl (C=O) groups is 2. The maximum absolute atomic E-state index is 11.6. The van der Waals surface area contributed by atoms with Crippen LogP contribution >= 0.6 is 11.6 Å². The summed E-state index contributed by atoms with van der Waals surface area (Å²) in [6.07, 6.45) is 2.55. The van der Waals surface area contributed by atoms with E-state index in [4.69, 9.17) is 16.7 Å². The molecule has 0 spiro atoms. The molecule has 1 fully saturated rings. The normalized spacial score (nSPS) is 23.8. The second-order valence-electron chi connectivity index (χ2n) is 7.71. The van der Waals surface area contributed by atoms with Crippen LogP contribution < -0.4 is 0 Å². The summed E-state index contributed by atoms with van der Waals surface area (Å²) in [5, 5.41) is 19.3. The van der Waals surface area contributed by atoms with E-state index in [1.807, 2.05) is 30.3 Å². The van der Waals surface area contributed by atoms with Crippen LogP contribution in [0.15, 0.2) is 60.3 Å². The first kappa shape index (κ1) is 19.5. The molecule has 6 heteroatoms. The number of aliphatic carboxylic acids is 2. The lowest BCUT2D eigenvalue weighted by molar-refractivity contribution is -0.136. The molecule has 1 saturated heterocycles. The summed E-state index contributed by atoms with van der Waals surface area (Å²) in [5.74, 6) is -1.69. The minimum Gasteiger partial charge on any atom is -0.478 e. The molecule has 1 aliphatic carbocycles. The predicted molar refractivity (Wildman–Crippen MR) is 110 cm³/mol. The Morgan fingerprint density at radius 1 is 1.00 bits per heavy atom. The Hall–Kier alpha value is -2.79. The van der Waals surface area contributed by atoms with Crippen LogP contribution in [0.2, 0.25) is 5.02 Å². The molecule has 29 heavy (non-hydrogen) atoms. The van der Waals surface area contributed by atoms with Crippen LogP contribution in [0.3, 0.4) is 0 Å². The van der Waals surface area contributed by atoms with Gasteiger partial charge in [0.25, 0.3) is 0 Å². The Labute approximate surface area is 174 Å². The zero-order valence-electron chi connectivity index (χ0n) is 15.8. The quantitative estimate of drug-likeness (QED) is 0.732. The lowest BCUT2D eigenvalue weighted by Gasteiger charge is -2.45. The van der Waals surface area contributed by atoms with E-state index in [-0.39, 0.29) is 17.5 Å². The van der Waals surface area contributed by atoms with Gasteiger partial charge in [-0.05, 0) is 41.5 Å². The second-order valence-corrected chi connectivity index (χ2v) is 8.12. The largest absolute Gasteiger partial charge is 0.478 e. The first-order chi connectivity index (χ1) is 14.0. The zero-order valence-corrected chi connectivity index (χ0v) is 16.5. The molecule has 2 aromatic rings. The van der Waals surface area contributed by atoms with Crippen molar-refractivity contribution in [1.82, 2.24) is 4.90 Å². The van der Waals surface area contributed by atoms with E-state index in [0.717, 1.165) is 29.5 Å². The predicted octanol–water partition coefficient (Wildman–Crippen LogP) is 4.33. The molecule has 0 radical (unpaired) electrons. The van der Waals surface area contributed by atoms with Gasteiger partial charge in [0.15, 0.2) is 0 Å². The zero-order chi connectivity index (χ0) is 20.5. The van der Waals surface area contributed by atoms with Crippen molar-refractivity contribution in [3.05, 3.63) is 82.0 Å². The fraction of sp³-hybridized carbons (Fsp3) is 0.304. The number of likely N-dealkylation sites (tertiary alicyclic amines) is 1. The Kier molecular flexibility index (Phi) is 5.33. The highest BCUT2D eigenvalue weighted by Gasteiger charge is 2.40. The van der Waals surface area contributed by atoms with Crippen molar-refractivity contribution in [2.45, 2.75) is 24.7 Å². The third-order valence-corrected chi connectivity index (χ3v) is 6.51. The second kappa shape index (κ2) is 7.91. The van der Waals surface area contributed by atoms with Gasteiger partial charge < -0.3 is 15.1 Å². The van der Waals surface area contributed by atoms with Gasteiger partial charge in [0, 0.05) is 29.9 Å². The molecule has 2 N–H and O–H groups in total. The minimum atomic E-state index is -1.24. The third-order valence-electron chi connectivity index (χ3n) is 6.17. The fourth-order valence-corrected chi connectivity index (χ4v) is 5.17. The number of piperidine rings is 1. The van der Waals surface area contributed by atoms with Crippen molar-refractivity contribution in [3.63, 3.8) is 0 Å². The van der Waals surface area contributed by atoms with Crippen molar-refractivity contribution in [2.75, 3.05) is 13.1 Å². The number of carboxylic acids is 2. The molecule has 4 rings (SSSR count). The summed E-state index contributed by atoms with van der Waals surface area (Å²) in [6.45, 7) is 1.03. The van der Waals surface area contributed by atoms with Crippen molar-refractivity contribution in [2.24, 2.45) is 5.92 Å². The molecule has 1 heterocycles. The molecule has 0 aromatic heterocycles. The summed E-state index contributed by atoms with van der Waals surface area (Å²) >= 11 is 6.51. The van der Waals surface area contributed by atoms with E-state index in [1.165, 1.54) is 11.1 Å². The van der Waals surface area contributed by atoms with Gasteiger partial charge in [-0.1, -0.05) is 54.1 Å². The number of benzene rings is 2. The molecule has 1 aliphatic heterocycles. The van der Waals surface area contributed by atoms with Gasteiger partial charge in [-0.2, -0.15) is 0 Å². The smallest absolute Gasteiger partial charge is 0.352 e. The lowest BCUT2D eigenvalue weighted by Crippen LogP contribution is -2.43. The Morgan fingerprint density at radius 2 is 1.66 bits per heavy atom. The van der Waals surface area contributed by atoms with E-state index < -0.39 is 11.9 Å². The number of halogens is 1. The van der Waals surface area contributed by atoms with Crippen LogP contribution in [0.1, 0.15) is 41.4 Å². The van der Waals surface area contributed by atoms with E-state index in [2.05, 4.69) is 18.2 Å². The molecule has 0 bridgehead atoms. The summed E-state index contributed by atoms with van der Waals surface area (Å²) in [5.41, 5.74) is 3.40. The monoisotopic (exact) mass is 411 g/mol. The number of hydrogen-bond donors (Lipinski definition) is 2. The maximum Gasteiger partial charge on any atom is 0.352 e. The molecule has 0 saturated carbocycles. The van der Waals surface area contributed by atoms with Crippen molar-refractivity contribution >= 4 is 23.5 Å². The van der Waals surface area contributed by atoms with Gasteiger partial charge in [-0.25, -0.2) is 9.59 Å². The van der Waals surface area contributed by atoms with Crippen LogP contribution in [0.25, 0.3) is 0 Å². The van der Waals surface area contributed by atoms with Crippen LogP contribution in [-0.4, -0.2) is 40.1 Å². The number of fused-ring (bicyclic) bond motifs is 3. The van der Waals surface area contributed by atoms with Crippen LogP contribution in [0, 0.1) is 5.92 Å². The number of hydrogen-bond acceptors (Lipinski definition) is 3. The van der Waals surface area contributed by atoms with Gasteiger partial charge in [0.05, 0.1) is 6.08 Å². The molecule has 5 nitrogen and oxygen atoms in total. The highest BCUT2D eigenvalue weighted by atomic mass is 35.5. The molecule has 0 amide bonds. The van der Waals surface area contributed by atoms with Crippen molar-refractivity contribution in [3.8, 4) is 0 Å². The number of nitrogens with zero attached hydrogens (tertiary/aromatic N) is 1. The average molecular weight is 412 g/mol. The molecular weight excluding hydrogens is 390 g/mol. The van der Waals surface area contributed by atoms with Crippen LogP contribution in [0.4, 0.5) is 0 Å². The van der Waals surface area contributed by atoms with E-state index in [0.29, 0.717) is 19.0 Å². The Morgan fingerprint density at radius 3 is 2.31 bits per heavy atom. The fourth-order valence-electron chi connectivity index (χ4n) is 4.91. The summed E-state index contributed by atoms with van der Waals surface area (Å²) in [4.78, 5) is 24.4. The van der Waals surface area contributed by atoms with Gasteiger partial charge in [-0.15, -0.1) is 0 Å². The van der Waals surface area contributed by atoms with E-state index >= 15 is 0 Å². The standard InChI is InChI=1S/C23H22ClNO4/c24-20-8-4-3-7-17(20)18-11-14-9-10-25(21(23(28)29)12-22(26)27)13-19(14)16-6-2-1-5-15(16)18/h1-8,12,14,18-19H,9-11,13H2,(H,26,27)(H,28,29). The maximum atomic E-state index is 11.6. The van der Waals surface area contributed by atoms with Gasteiger partial charge in [-0.3, -0.25) is 0 Å². The van der Waals surface area contributed by atoms with E-state index in [1.54, 1.807) is 4.90 Å². The first-order valence-corrected chi connectivity index (χ1v) is 10.1. The summed E-state index contributed by atoms with van der Waals surface area (Å²) in [7, 11) is 0. The molecular formula is C23H22ClNO4.